The molecule has 106 valence electrons. The maximum Gasteiger partial charge on any atom is 0.411 e. The van der Waals surface area contributed by atoms with E-state index in [0.717, 1.165) is 26.3 Å². The lowest BCUT2D eigenvalue weighted by atomic mass is 10.5. The maximum atomic E-state index is 11.2. The predicted molar refractivity (Wildman–Crippen MR) is 67.9 cm³/mol. The number of carbonyl (C=O) groups excluding carboxylic acids is 1. The highest BCUT2D eigenvalue weighted by Gasteiger charge is 2.18. The molecular weight excluding hydrogens is 260 g/mol. The van der Waals surface area contributed by atoms with Crippen molar-refractivity contribution in [3.05, 3.63) is 0 Å². The van der Waals surface area contributed by atoms with Gasteiger partial charge in [0.05, 0.1) is 26.4 Å². The van der Waals surface area contributed by atoms with E-state index < -0.39 is 5.56 Å². The Bertz CT molecular complexity index is 220. The summed E-state index contributed by atoms with van der Waals surface area (Å²) in [6.45, 7) is 7.77. The molecule has 18 heavy (non-hydrogen) atoms. The van der Waals surface area contributed by atoms with Gasteiger partial charge >= 0.3 is 6.09 Å². The van der Waals surface area contributed by atoms with Crippen molar-refractivity contribution in [2.45, 2.75) is 12.5 Å². The molecule has 0 radical (unpaired) electrons. The van der Waals surface area contributed by atoms with Gasteiger partial charge in [0.2, 0.25) is 0 Å². The molecule has 0 aliphatic carbocycles. The first-order valence-electron chi connectivity index (χ1n) is 6.16. The molecule has 0 aromatic heterocycles. The van der Waals surface area contributed by atoms with Crippen LogP contribution in [0.1, 0.15) is 6.92 Å². The molecule has 2 saturated heterocycles. The predicted octanol–water partition coefficient (Wildman–Crippen LogP) is 0.646. The van der Waals surface area contributed by atoms with Crippen LogP contribution in [-0.2, 0) is 14.2 Å². The Labute approximate surface area is 112 Å². The summed E-state index contributed by atoms with van der Waals surface area (Å²) in [5, 5.41) is 3.16. The molecule has 0 bridgehead atoms. The van der Waals surface area contributed by atoms with Crippen molar-refractivity contribution in [2.24, 2.45) is 0 Å². The van der Waals surface area contributed by atoms with Gasteiger partial charge in [0.25, 0.3) is 0 Å². The fourth-order valence-electron chi connectivity index (χ4n) is 1.48. The van der Waals surface area contributed by atoms with E-state index in [4.69, 9.17) is 25.8 Å². The Hall–Kier alpha value is -0.560. The molecule has 0 spiro atoms. The third kappa shape index (κ3) is 7.00. The molecule has 1 unspecified atom stereocenters. The monoisotopic (exact) mass is 280 g/mol. The molecule has 2 rings (SSSR count). The highest BCUT2D eigenvalue weighted by atomic mass is 35.5. The minimum atomic E-state index is -0.569. The second-order valence-electron chi connectivity index (χ2n) is 3.89. The number of morpholine rings is 2. The largest absolute Gasteiger partial charge is 0.430 e. The third-order valence-corrected chi connectivity index (χ3v) is 2.47. The van der Waals surface area contributed by atoms with Crippen LogP contribution >= 0.6 is 11.6 Å². The summed E-state index contributed by atoms with van der Waals surface area (Å²) in [6, 6.07) is 0. The van der Waals surface area contributed by atoms with Gasteiger partial charge in [-0.1, -0.05) is 11.6 Å². The molecule has 2 heterocycles. The van der Waals surface area contributed by atoms with E-state index in [2.05, 4.69) is 5.32 Å². The van der Waals surface area contributed by atoms with E-state index >= 15 is 0 Å². The standard InChI is InChI=1S/C7H12ClNO3.C4H9NO/c1-6(8)12-7(10)9-2-4-11-5-3-9;1-3-6-4-2-5-1/h6H,2-5H2,1H3;5H,1-4H2. The van der Waals surface area contributed by atoms with Gasteiger partial charge < -0.3 is 24.4 Å². The number of halogens is 1. The molecular formula is C11H21ClN2O4. The molecule has 1 atom stereocenters. The van der Waals surface area contributed by atoms with Crippen LogP contribution in [0.2, 0.25) is 0 Å². The van der Waals surface area contributed by atoms with Gasteiger partial charge in [0, 0.05) is 26.2 Å². The summed E-state index contributed by atoms with van der Waals surface area (Å²) in [5.74, 6) is 0. The fourth-order valence-corrected chi connectivity index (χ4v) is 1.55. The minimum Gasteiger partial charge on any atom is -0.430 e. The molecule has 0 saturated carbocycles. The van der Waals surface area contributed by atoms with Gasteiger partial charge in [-0.05, 0) is 6.92 Å². The van der Waals surface area contributed by atoms with Crippen molar-refractivity contribution in [1.29, 1.82) is 0 Å². The molecule has 2 fully saturated rings. The van der Waals surface area contributed by atoms with Crippen LogP contribution in [0.15, 0.2) is 0 Å². The molecule has 1 amide bonds. The maximum absolute atomic E-state index is 11.2. The van der Waals surface area contributed by atoms with E-state index in [1.807, 2.05) is 0 Å². The van der Waals surface area contributed by atoms with Crippen molar-refractivity contribution in [1.82, 2.24) is 10.2 Å². The summed E-state index contributed by atoms with van der Waals surface area (Å²) >= 11 is 5.49. The van der Waals surface area contributed by atoms with Crippen LogP contribution in [0.25, 0.3) is 0 Å². The van der Waals surface area contributed by atoms with E-state index in [-0.39, 0.29) is 6.09 Å². The zero-order valence-corrected chi connectivity index (χ0v) is 11.4. The zero-order valence-electron chi connectivity index (χ0n) is 10.7. The number of nitrogens with zero attached hydrogens (tertiary/aromatic N) is 1. The Morgan fingerprint density at radius 2 is 1.78 bits per heavy atom. The van der Waals surface area contributed by atoms with Gasteiger partial charge in [-0.3, -0.25) is 0 Å². The first-order valence-corrected chi connectivity index (χ1v) is 6.59. The number of amides is 1. The highest BCUT2D eigenvalue weighted by molar-refractivity contribution is 6.19. The number of alkyl halides is 1. The number of carbonyl (C=O) groups is 1. The van der Waals surface area contributed by atoms with E-state index in [1.165, 1.54) is 0 Å². The van der Waals surface area contributed by atoms with E-state index in [1.54, 1.807) is 11.8 Å². The average molecular weight is 281 g/mol. The van der Waals surface area contributed by atoms with Crippen LogP contribution < -0.4 is 5.32 Å². The number of rotatable bonds is 1. The second kappa shape index (κ2) is 9.38. The van der Waals surface area contributed by atoms with Crippen molar-refractivity contribution >= 4 is 17.7 Å². The Morgan fingerprint density at radius 3 is 2.17 bits per heavy atom. The van der Waals surface area contributed by atoms with Gasteiger partial charge in [-0.25, -0.2) is 4.79 Å². The molecule has 0 aromatic rings. The smallest absolute Gasteiger partial charge is 0.411 e. The van der Waals surface area contributed by atoms with Gasteiger partial charge in [-0.2, -0.15) is 0 Å². The number of hydrogen-bond acceptors (Lipinski definition) is 5. The SMILES string of the molecule is C1COCCN1.CC(Cl)OC(=O)N1CCOCC1. The quantitative estimate of drug-likeness (QED) is 0.715. The lowest BCUT2D eigenvalue weighted by Gasteiger charge is -2.26. The topological polar surface area (TPSA) is 60.0 Å². The van der Waals surface area contributed by atoms with Crippen molar-refractivity contribution < 1.29 is 19.0 Å². The van der Waals surface area contributed by atoms with Crippen LogP contribution in [-0.4, -0.2) is 69.2 Å². The second-order valence-corrected chi connectivity index (χ2v) is 4.50. The van der Waals surface area contributed by atoms with E-state index in [9.17, 15) is 4.79 Å². The van der Waals surface area contributed by atoms with Crippen LogP contribution in [0, 0.1) is 0 Å². The van der Waals surface area contributed by atoms with Gasteiger partial charge in [0.15, 0.2) is 5.56 Å². The average Bonchev–Trinajstić information content (AvgIpc) is 2.42. The number of nitrogens with one attached hydrogen (secondary N) is 1. The van der Waals surface area contributed by atoms with Crippen molar-refractivity contribution in [3.63, 3.8) is 0 Å². The van der Waals surface area contributed by atoms with Crippen LogP contribution in [0.5, 0.6) is 0 Å². The van der Waals surface area contributed by atoms with Crippen molar-refractivity contribution in [3.8, 4) is 0 Å². The van der Waals surface area contributed by atoms with Gasteiger partial charge in [-0.15, -0.1) is 0 Å². The molecule has 2 aliphatic rings. The first kappa shape index (κ1) is 15.5. The lowest BCUT2D eigenvalue weighted by molar-refractivity contribution is 0.0249. The fraction of sp³-hybridized carbons (Fsp3) is 0.909. The molecule has 2 aliphatic heterocycles. The normalized spacial score (nSPS) is 21.6. The van der Waals surface area contributed by atoms with Crippen molar-refractivity contribution in [2.75, 3.05) is 52.6 Å². The summed E-state index contributed by atoms with van der Waals surface area (Å²) in [5.41, 5.74) is -0.569. The molecule has 6 nitrogen and oxygen atoms in total. The van der Waals surface area contributed by atoms with E-state index in [0.29, 0.717) is 26.3 Å². The zero-order chi connectivity index (χ0) is 13.2. The summed E-state index contributed by atoms with van der Waals surface area (Å²) < 4.78 is 14.9. The van der Waals surface area contributed by atoms with Crippen LogP contribution in [0.3, 0.4) is 0 Å². The first-order chi connectivity index (χ1) is 8.70. The molecule has 0 aromatic carbocycles. The van der Waals surface area contributed by atoms with Crippen LogP contribution in [0.4, 0.5) is 4.79 Å². The lowest BCUT2D eigenvalue weighted by Crippen LogP contribution is -2.41. The Morgan fingerprint density at radius 1 is 1.22 bits per heavy atom. The summed E-state index contributed by atoms with van der Waals surface area (Å²) in [6.07, 6.45) is -0.360. The number of ether oxygens (including phenoxy) is 3. The highest BCUT2D eigenvalue weighted by Crippen LogP contribution is 2.04. The van der Waals surface area contributed by atoms with Gasteiger partial charge in [0.1, 0.15) is 0 Å². The molecule has 1 N–H and O–H groups in total. The Kier molecular flexibility index (Phi) is 8.08. The molecule has 7 heteroatoms. The Balaban J connectivity index is 0.000000225. The number of hydrogen-bond donors (Lipinski definition) is 1. The minimum absolute atomic E-state index is 0.360. The summed E-state index contributed by atoms with van der Waals surface area (Å²) in [7, 11) is 0. The third-order valence-electron chi connectivity index (χ3n) is 2.38. The summed E-state index contributed by atoms with van der Waals surface area (Å²) in [4.78, 5) is 12.8.